The van der Waals surface area contributed by atoms with E-state index in [2.05, 4.69) is 20.8 Å². The van der Waals surface area contributed by atoms with Gasteiger partial charge >= 0.3 is 0 Å². The maximum absolute atomic E-state index is 5.45. The lowest BCUT2D eigenvalue weighted by Crippen LogP contribution is -2.17. The van der Waals surface area contributed by atoms with Crippen molar-refractivity contribution in [3.8, 4) is 0 Å². The van der Waals surface area contributed by atoms with Gasteiger partial charge in [0.05, 0.1) is 0 Å². The van der Waals surface area contributed by atoms with Crippen LogP contribution in [0.5, 0.6) is 0 Å². The van der Waals surface area contributed by atoms with Gasteiger partial charge in [-0.05, 0) is 18.4 Å². The van der Waals surface area contributed by atoms with Gasteiger partial charge in [0.2, 0.25) is 0 Å². The molecule has 0 aliphatic carbocycles. The van der Waals surface area contributed by atoms with E-state index in [1.54, 1.807) is 0 Å². The minimum Gasteiger partial charge on any atom is -0.330 e. The SMILES string of the molecule is CC[C@@H](C)C(C)CN. The fourth-order valence-corrected chi connectivity index (χ4v) is 0.635. The summed E-state index contributed by atoms with van der Waals surface area (Å²) in [6.07, 6.45) is 1.25. The average Bonchev–Trinajstić information content (AvgIpc) is 1.84. The topological polar surface area (TPSA) is 26.0 Å². The Morgan fingerprint density at radius 1 is 1.25 bits per heavy atom. The van der Waals surface area contributed by atoms with Crippen LogP contribution >= 0.6 is 0 Å². The third kappa shape index (κ3) is 2.31. The Bertz CT molecular complexity index is 44.3. The molecule has 1 unspecified atom stereocenters. The molecule has 0 saturated carbocycles. The van der Waals surface area contributed by atoms with Crippen molar-refractivity contribution in [3.05, 3.63) is 0 Å². The summed E-state index contributed by atoms with van der Waals surface area (Å²) in [6.45, 7) is 7.48. The Hall–Kier alpha value is -0.0400. The van der Waals surface area contributed by atoms with E-state index in [1.807, 2.05) is 0 Å². The Morgan fingerprint density at radius 3 is 1.88 bits per heavy atom. The highest BCUT2D eigenvalue weighted by Crippen LogP contribution is 2.11. The first-order valence-corrected chi connectivity index (χ1v) is 3.42. The van der Waals surface area contributed by atoms with Crippen LogP contribution in [0.2, 0.25) is 0 Å². The van der Waals surface area contributed by atoms with Crippen molar-refractivity contribution in [2.45, 2.75) is 27.2 Å². The summed E-state index contributed by atoms with van der Waals surface area (Å²) in [4.78, 5) is 0. The molecule has 0 radical (unpaired) electrons. The maximum atomic E-state index is 5.45. The van der Waals surface area contributed by atoms with Gasteiger partial charge in [-0.25, -0.2) is 0 Å². The van der Waals surface area contributed by atoms with Crippen molar-refractivity contribution >= 4 is 0 Å². The van der Waals surface area contributed by atoms with Crippen molar-refractivity contribution in [2.75, 3.05) is 6.54 Å². The molecule has 1 heteroatoms. The second-order valence-electron chi connectivity index (χ2n) is 2.60. The van der Waals surface area contributed by atoms with Crippen LogP contribution in [0.1, 0.15) is 27.2 Å². The van der Waals surface area contributed by atoms with Gasteiger partial charge in [-0.3, -0.25) is 0 Å². The molecule has 0 heterocycles. The van der Waals surface area contributed by atoms with Crippen molar-refractivity contribution in [3.63, 3.8) is 0 Å². The first-order chi connectivity index (χ1) is 3.72. The van der Waals surface area contributed by atoms with E-state index in [1.165, 1.54) is 6.42 Å². The van der Waals surface area contributed by atoms with Crippen molar-refractivity contribution < 1.29 is 0 Å². The molecule has 2 N–H and O–H groups in total. The van der Waals surface area contributed by atoms with Gasteiger partial charge < -0.3 is 5.73 Å². The Labute approximate surface area is 52.3 Å². The standard InChI is InChI=1S/C7H17N/c1-4-6(2)7(3)5-8/h6-7H,4-5,8H2,1-3H3/t6-,7?/m1/s1. The Kier molecular flexibility index (Phi) is 3.88. The van der Waals surface area contributed by atoms with E-state index >= 15 is 0 Å². The Balaban J connectivity index is 3.29. The summed E-state index contributed by atoms with van der Waals surface area (Å²) in [5, 5.41) is 0. The smallest absolute Gasteiger partial charge is 0.00490 e. The second kappa shape index (κ2) is 3.90. The monoisotopic (exact) mass is 115 g/mol. The van der Waals surface area contributed by atoms with Gasteiger partial charge in [-0.2, -0.15) is 0 Å². The van der Waals surface area contributed by atoms with Crippen LogP contribution in [0.3, 0.4) is 0 Å². The highest BCUT2D eigenvalue weighted by atomic mass is 14.5. The van der Waals surface area contributed by atoms with E-state index in [9.17, 15) is 0 Å². The minimum absolute atomic E-state index is 0.694. The fourth-order valence-electron chi connectivity index (χ4n) is 0.635. The second-order valence-corrected chi connectivity index (χ2v) is 2.60. The lowest BCUT2D eigenvalue weighted by molar-refractivity contribution is 0.386. The summed E-state index contributed by atoms with van der Waals surface area (Å²) >= 11 is 0. The summed E-state index contributed by atoms with van der Waals surface area (Å²) in [5.74, 6) is 1.49. The van der Waals surface area contributed by atoms with Gasteiger partial charge in [0.1, 0.15) is 0 Å². The summed E-state index contributed by atoms with van der Waals surface area (Å²) < 4.78 is 0. The van der Waals surface area contributed by atoms with E-state index in [0.717, 1.165) is 12.5 Å². The lowest BCUT2D eigenvalue weighted by atomic mass is 9.94. The van der Waals surface area contributed by atoms with Crippen LogP contribution in [0.25, 0.3) is 0 Å². The molecule has 0 aliphatic heterocycles. The predicted molar refractivity (Wildman–Crippen MR) is 37.7 cm³/mol. The molecule has 0 bridgehead atoms. The molecule has 50 valence electrons. The summed E-state index contributed by atoms with van der Waals surface area (Å²) in [6, 6.07) is 0. The van der Waals surface area contributed by atoms with Crippen molar-refractivity contribution in [2.24, 2.45) is 17.6 Å². The quantitative estimate of drug-likeness (QED) is 0.594. The zero-order valence-corrected chi connectivity index (χ0v) is 6.15. The number of hydrogen-bond donors (Lipinski definition) is 1. The predicted octanol–water partition coefficient (Wildman–Crippen LogP) is 1.63. The van der Waals surface area contributed by atoms with E-state index in [0.29, 0.717) is 5.92 Å². The minimum atomic E-state index is 0.694. The Morgan fingerprint density at radius 2 is 1.75 bits per heavy atom. The molecule has 0 aliphatic rings. The first-order valence-electron chi connectivity index (χ1n) is 3.42. The highest BCUT2D eigenvalue weighted by molar-refractivity contribution is 4.59. The molecular formula is C7H17N. The van der Waals surface area contributed by atoms with Crippen LogP contribution in [0, 0.1) is 11.8 Å². The average molecular weight is 115 g/mol. The molecule has 0 spiro atoms. The molecule has 2 atom stereocenters. The zero-order chi connectivity index (χ0) is 6.57. The molecular weight excluding hydrogens is 98.1 g/mol. The molecule has 0 fully saturated rings. The van der Waals surface area contributed by atoms with E-state index < -0.39 is 0 Å². The van der Waals surface area contributed by atoms with Crippen LogP contribution in [-0.4, -0.2) is 6.54 Å². The number of hydrogen-bond acceptors (Lipinski definition) is 1. The van der Waals surface area contributed by atoms with Gasteiger partial charge in [-0.15, -0.1) is 0 Å². The van der Waals surface area contributed by atoms with Crippen LogP contribution in [0.15, 0.2) is 0 Å². The molecule has 0 amide bonds. The lowest BCUT2D eigenvalue weighted by Gasteiger charge is -2.14. The third-order valence-corrected chi connectivity index (χ3v) is 1.99. The molecule has 0 aromatic rings. The molecule has 8 heavy (non-hydrogen) atoms. The van der Waals surface area contributed by atoms with Crippen molar-refractivity contribution in [1.82, 2.24) is 0 Å². The number of rotatable bonds is 3. The molecule has 1 nitrogen and oxygen atoms in total. The summed E-state index contributed by atoms with van der Waals surface area (Å²) in [7, 11) is 0. The third-order valence-electron chi connectivity index (χ3n) is 1.99. The van der Waals surface area contributed by atoms with Gasteiger partial charge in [-0.1, -0.05) is 27.2 Å². The van der Waals surface area contributed by atoms with Crippen LogP contribution in [0.4, 0.5) is 0 Å². The summed E-state index contributed by atoms with van der Waals surface area (Å²) in [5.41, 5.74) is 5.45. The normalized spacial score (nSPS) is 18.0. The largest absolute Gasteiger partial charge is 0.330 e. The highest BCUT2D eigenvalue weighted by Gasteiger charge is 2.05. The molecule has 0 rings (SSSR count). The van der Waals surface area contributed by atoms with E-state index in [-0.39, 0.29) is 0 Å². The maximum Gasteiger partial charge on any atom is -0.00490 e. The van der Waals surface area contributed by atoms with Gasteiger partial charge in [0.15, 0.2) is 0 Å². The molecule has 0 aromatic carbocycles. The first kappa shape index (κ1) is 7.96. The zero-order valence-electron chi connectivity index (χ0n) is 6.15. The molecule has 0 aromatic heterocycles. The van der Waals surface area contributed by atoms with E-state index in [4.69, 9.17) is 5.73 Å². The number of nitrogens with two attached hydrogens (primary N) is 1. The van der Waals surface area contributed by atoms with Gasteiger partial charge in [0, 0.05) is 0 Å². The van der Waals surface area contributed by atoms with Crippen LogP contribution < -0.4 is 5.73 Å². The van der Waals surface area contributed by atoms with Gasteiger partial charge in [0.25, 0.3) is 0 Å². The molecule has 0 saturated heterocycles. The fraction of sp³-hybridized carbons (Fsp3) is 1.00. The van der Waals surface area contributed by atoms with Crippen LogP contribution in [-0.2, 0) is 0 Å². The van der Waals surface area contributed by atoms with Crippen molar-refractivity contribution in [1.29, 1.82) is 0 Å².